The Morgan fingerprint density at radius 3 is 2.59 bits per heavy atom. The Morgan fingerprint density at radius 2 is 2.05 bits per heavy atom. The third-order valence-electron chi connectivity index (χ3n) is 3.79. The van der Waals surface area contributed by atoms with Gasteiger partial charge in [-0.05, 0) is 23.8 Å². The van der Waals surface area contributed by atoms with Crippen LogP contribution in [0.1, 0.15) is 39.7 Å². The van der Waals surface area contributed by atoms with Gasteiger partial charge in [-0.1, -0.05) is 51.1 Å². The second-order valence-corrected chi connectivity index (χ2v) is 6.78. The fourth-order valence-corrected chi connectivity index (χ4v) is 2.39. The molecule has 4 nitrogen and oxygen atoms in total. The summed E-state index contributed by atoms with van der Waals surface area (Å²) in [5.74, 6) is 0.259. The third kappa shape index (κ3) is 4.58. The fourth-order valence-electron chi connectivity index (χ4n) is 2.39. The van der Waals surface area contributed by atoms with Gasteiger partial charge in [-0.25, -0.2) is 4.99 Å². The van der Waals surface area contributed by atoms with Gasteiger partial charge in [-0.2, -0.15) is 0 Å². The van der Waals surface area contributed by atoms with E-state index in [1.807, 2.05) is 18.2 Å². The summed E-state index contributed by atoms with van der Waals surface area (Å²) in [5.41, 5.74) is 1.26. The standard InChI is InChI=1S/C18H25NO3/c1-13(20)22-15(11-10-14-8-6-5-7-9-14)17-19-16(12-21-17)18(2,3)4/h5-9,15-16H,10-12H2,1-4H3/t15-,16+/m0/s1. The van der Waals surface area contributed by atoms with E-state index in [9.17, 15) is 4.79 Å². The largest absolute Gasteiger partial charge is 0.476 e. The molecule has 0 unspecified atom stereocenters. The number of ether oxygens (including phenoxy) is 2. The minimum Gasteiger partial charge on any atom is -0.476 e. The van der Waals surface area contributed by atoms with Crippen molar-refractivity contribution < 1.29 is 14.3 Å². The van der Waals surface area contributed by atoms with Crippen molar-refractivity contribution in [3.63, 3.8) is 0 Å². The molecule has 1 aliphatic rings. The molecule has 0 amide bonds. The van der Waals surface area contributed by atoms with E-state index in [1.165, 1.54) is 12.5 Å². The minimum absolute atomic E-state index is 0.0436. The highest BCUT2D eigenvalue weighted by molar-refractivity contribution is 5.84. The maximum absolute atomic E-state index is 11.4. The van der Waals surface area contributed by atoms with E-state index >= 15 is 0 Å². The molecule has 0 N–H and O–H groups in total. The quantitative estimate of drug-likeness (QED) is 0.783. The van der Waals surface area contributed by atoms with Crippen molar-refractivity contribution in [3.8, 4) is 0 Å². The van der Waals surface area contributed by atoms with Crippen molar-refractivity contribution in [1.29, 1.82) is 0 Å². The molecule has 0 saturated carbocycles. The molecular weight excluding hydrogens is 278 g/mol. The smallest absolute Gasteiger partial charge is 0.303 e. The Hall–Kier alpha value is -1.84. The zero-order valence-corrected chi connectivity index (χ0v) is 13.8. The summed E-state index contributed by atoms with van der Waals surface area (Å²) in [5, 5.41) is 0. The first-order valence-corrected chi connectivity index (χ1v) is 7.78. The van der Waals surface area contributed by atoms with Gasteiger partial charge in [0.15, 0.2) is 6.10 Å². The average Bonchev–Trinajstić information content (AvgIpc) is 2.94. The third-order valence-corrected chi connectivity index (χ3v) is 3.79. The van der Waals surface area contributed by atoms with E-state index in [0.717, 1.165) is 6.42 Å². The molecule has 0 saturated heterocycles. The molecule has 0 aromatic heterocycles. The minimum atomic E-state index is -0.398. The van der Waals surface area contributed by atoms with Crippen molar-refractivity contribution in [1.82, 2.24) is 0 Å². The maximum Gasteiger partial charge on any atom is 0.303 e. The van der Waals surface area contributed by atoms with Crippen LogP contribution in [0.4, 0.5) is 0 Å². The van der Waals surface area contributed by atoms with Crippen LogP contribution in [0.3, 0.4) is 0 Å². The molecule has 4 heteroatoms. The van der Waals surface area contributed by atoms with Crippen LogP contribution in [-0.2, 0) is 20.7 Å². The molecule has 2 rings (SSSR count). The molecule has 0 bridgehead atoms. The van der Waals surface area contributed by atoms with Crippen molar-refractivity contribution in [2.45, 2.75) is 52.7 Å². The molecule has 1 aromatic rings. The summed E-state index contributed by atoms with van der Waals surface area (Å²) in [6.07, 6.45) is 1.10. The molecule has 0 spiro atoms. The number of nitrogens with zero attached hydrogens (tertiary/aromatic N) is 1. The van der Waals surface area contributed by atoms with Crippen LogP contribution in [0.5, 0.6) is 0 Å². The first-order chi connectivity index (χ1) is 10.4. The zero-order chi connectivity index (χ0) is 16.2. The van der Waals surface area contributed by atoms with Crippen LogP contribution in [0, 0.1) is 5.41 Å². The molecule has 0 aliphatic carbocycles. The summed E-state index contributed by atoms with van der Waals surface area (Å²) in [6.45, 7) is 8.39. The van der Waals surface area contributed by atoms with Crippen LogP contribution in [0.2, 0.25) is 0 Å². The lowest BCUT2D eigenvalue weighted by molar-refractivity contribution is -0.144. The highest BCUT2D eigenvalue weighted by Gasteiger charge is 2.34. The first-order valence-electron chi connectivity index (χ1n) is 7.78. The number of benzene rings is 1. The second kappa shape index (κ2) is 6.95. The highest BCUT2D eigenvalue weighted by Crippen LogP contribution is 2.27. The van der Waals surface area contributed by atoms with E-state index in [2.05, 4.69) is 37.9 Å². The Balaban J connectivity index is 2.05. The second-order valence-electron chi connectivity index (χ2n) is 6.78. The molecule has 1 aromatic carbocycles. The van der Waals surface area contributed by atoms with E-state index in [-0.39, 0.29) is 17.4 Å². The van der Waals surface area contributed by atoms with Crippen molar-refractivity contribution in [3.05, 3.63) is 35.9 Å². The van der Waals surface area contributed by atoms with Crippen molar-refractivity contribution >= 4 is 11.9 Å². The monoisotopic (exact) mass is 303 g/mol. The van der Waals surface area contributed by atoms with Gasteiger partial charge in [0.2, 0.25) is 5.90 Å². The van der Waals surface area contributed by atoms with Crippen molar-refractivity contribution in [2.75, 3.05) is 6.61 Å². The van der Waals surface area contributed by atoms with Crippen LogP contribution in [-0.4, -0.2) is 30.6 Å². The van der Waals surface area contributed by atoms with Gasteiger partial charge in [0.05, 0.1) is 6.04 Å². The zero-order valence-electron chi connectivity index (χ0n) is 13.8. The summed E-state index contributed by atoms with van der Waals surface area (Å²) in [4.78, 5) is 16.0. The topological polar surface area (TPSA) is 47.9 Å². The van der Waals surface area contributed by atoms with Gasteiger partial charge >= 0.3 is 5.97 Å². The lowest BCUT2D eigenvalue weighted by Crippen LogP contribution is -2.27. The van der Waals surface area contributed by atoms with Gasteiger partial charge in [0.1, 0.15) is 6.61 Å². The summed E-state index contributed by atoms with van der Waals surface area (Å²) in [6, 6.07) is 10.3. The molecule has 120 valence electrons. The first kappa shape index (κ1) is 16.5. The predicted molar refractivity (Wildman–Crippen MR) is 86.9 cm³/mol. The Bertz CT molecular complexity index is 531. The lowest BCUT2D eigenvalue weighted by Gasteiger charge is -2.21. The van der Waals surface area contributed by atoms with Gasteiger partial charge in [0, 0.05) is 6.92 Å². The molecule has 0 fully saturated rings. The number of rotatable bonds is 5. The number of hydrogen-bond donors (Lipinski definition) is 0. The van der Waals surface area contributed by atoms with E-state index in [4.69, 9.17) is 9.47 Å². The normalized spacial score (nSPS) is 19.3. The van der Waals surface area contributed by atoms with Gasteiger partial charge < -0.3 is 9.47 Å². The number of aryl methyl sites for hydroxylation is 1. The maximum atomic E-state index is 11.4. The SMILES string of the molecule is CC(=O)O[C@@H](CCc1ccccc1)C1=N[C@@H](C(C)(C)C)CO1. The average molecular weight is 303 g/mol. The van der Waals surface area contributed by atoms with Gasteiger partial charge in [-0.15, -0.1) is 0 Å². The number of aliphatic imine (C=N–C) groups is 1. The van der Waals surface area contributed by atoms with Gasteiger partial charge in [-0.3, -0.25) is 4.79 Å². The Labute approximate surface area is 132 Å². The molecular formula is C18H25NO3. The van der Waals surface area contributed by atoms with Crippen LogP contribution < -0.4 is 0 Å². The van der Waals surface area contributed by atoms with Crippen LogP contribution >= 0.6 is 0 Å². The van der Waals surface area contributed by atoms with E-state index in [1.54, 1.807) is 0 Å². The number of carbonyl (C=O) groups excluding carboxylic acids is 1. The lowest BCUT2D eigenvalue weighted by atomic mass is 9.88. The molecule has 22 heavy (non-hydrogen) atoms. The predicted octanol–water partition coefficient (Wildman–Crippen LogP) is 3.39. The van der Waals surface area contributed by atoms with Crippen molar-refractivity contribution in [2.24, 2.45) is 10.4 Å². The number of hydrogen-bond acceptors (Lipinski definition) is 4. The van der Waals surface area contributed by atoms with Crippen LogP contribution in [0.25, 0.3) is 0 Å². The Morgan fingerprint density at radius 1 is 1.36 bits per heavy atom. The van der Waals surface area contributed by atoms with E-state index in [0.29, 0.717) is 18.9 Å². The Kier molecular flexibility index (Phi) is 5.22. The number of carbonyl (C=O) groups is 1. The number of esters is 1. The summed E-state index contributed by atoms with van der Waals surface area (Å²) in [7, 11) is 0. The van der Waals surface area contributed by atoms with Crippen LogP contribution in [0.15, 0.2) is 35.3 Å². The summed E-state index contributed by atoms with van der Waals surface area (Å²) >= 11 is 0. The summed E-state index contributed by atoms with van der Waals surface area (Å²) < 4.78 is 11.1. The molecule has 1 heterocycles. The van der Waals surface area contributed by atoms with E-state index < -0.39 is 6.10 Å². The molecule has 1 aliphatic heterocycles. The molecule has 2 atom stereocenters. The highest BCUT2D eigenvalue weighted by atomic mass is 16.6. The fraction of sp³-hybridized carbons (Fsp3) is 0.556. The van der Waals surface area contributed by atoms with Gasteiger partial charge in [0.25, 0.3) is 0 Å². The molecule has 0 radical (unpaired) electrons.